The first kappa shape index (κ1) is 14.2. The number of hydrogen-bond donors (Lipinski definition) is 1. The van der Waals surface area contributed by atoms with E-state index >= 15 is 0 Å². The van der Waals surface area contributed by atoms with Crippen molar-refractivity contribution in [3.8, 4) is 11.6 Å². The number of methoxy groups -OCH3 is 2. The minimum absolute atomic E-state index is 0.203. The number of halogens is 1. The summed E-state index contributed by atoms with van der Waals surface area (Å²) in [6.45, 7) is 0. The molecule has 5 nitrogen and oxygen atoms in total. The Bertz CT molecular complexity index is 592. The molecule has 1 atom stereocenters. The van der Waals surface area contributed by atoms with Crippen LogP contribution in [0.2, 0.25) is 0 Å². The van der Waals surface area contributed by atoms with E-state index in [2.05, 4.69) is 15.3 Å². The molecule has 0 radical (unpaired) electrons. The Morgan fingerprint density at radius 3 is 2.50 bits per heavy atom. The standard InChI is InChI=1S/C14H16FN3O2/c1-16-12(13-14(20-3)18-7-6-17-13)9-4-5-11(19-2)10(15)8-9/h4-8,12,16H,1-3H3. The second kappa shape index (κ2) is 6.29. The average molecular weight is 277 g/mol. The molecule has 0 saturated heterocycles. The number of rotatable bonds is 5. The molecule has 1 aromatic heterocycles. The van der Waals surface area contributed by atoms with Crippen LogP contribution >= 0.6 is 0 Å². The van der Waals surface area contributed by atoms with Gasteiger partial charge in [-0.1, -0.05) is 6.07 Å². The van der Waals surface area contributed by atoms with Crippen molar-refractivity contribution in [2.45, 2.75) is 6.04 Å². The van der Waals surface area contributed by atoms with E-state index in [4.69, 9.17) is 9.47 Å². The van der Waals surface area contributed by atoms with Crippen molar-refractivity contribution in [2.75, 3.05) is 21.3 Å². The summed E-state index contributed by atoms with van der Waals surface area (Å²) in [6.07, 6.45) is 3.12. The van der Waals surface area contributed by atoms with E-state index in [1.165, 1.54) is 20.3 Å². The first-order valence-corrected chi connectivity index (χ1v) is 6.06. The summed E-state index contributed by atoms with van der Waals surface area (Å²) < 4.78 is 23.9. The fourth-order valence-corrected chi connectivity index (χ4v) is 2.01. The Morgan fingerprint density at radius 2 is 1.90 bits per heavy atom. The second-order valence-corrected chi connectivity index (χ2v) is 4.07. The van der Waals surface area contributed by atoms with Crippen molar-refractivity contribution in [1.82, 2.24) is 15.3 Å². The number of nitrogens with zero attached hydrogens (tertiary/aromatic N) is 2. The Morgan fingerprint density at radius 1 is 1.15 bits per heavy atom. The van der Waals surface area contributed by atoms with E-state index in [0.29, 0.717) is 17.1 Å². The molecule has 0 fully saturated rings. The van der Waals surface area contributed by atoms with Gasteiger partial charge in [0.15, 0.2) is 11.6 Å². The van der Waals surface area contributed by atoms with Crippen LogP contribution in [0.1, 0.15) is 17.3 Å². The van der Waals surface area contributed by atoms with E-state index in [1.54, 1.807) is 31.6 Å². The SMILES string of the molecule is CNC(c1ccc(OC)c(F)c1)c1nccnc1OC. The molecule has 106 valence electrons. The average Bonchev–Trinajstić information content (AvgIpc) is 2.49. The quantitative estimate of drug-likeness (QED) is 0.905. The minimum atomic E-state index is -0.423. The normalized spacial score (nSPS) is 12.0. The zero-order valence-corrected chi connectivity index (χ0v) is 11.6. The first-order chi connectivity index (χ1) is 9.71. The van der Waals surface area contributed by atoms with Gasteiger partial charge in [0.25, 0.3) is 0 Å². The van der Waals surface area contributed by atoms with E-state index < -0.39 is 5.82 Å². The van der Waals surface area contributed by atoms with Crippen LogP contribution in [-0.2, 0) is 0 Å². The highest BCUT2D eigenvalue weighted by Gasteiger charge is 2.20. The van der Waals surface area contributed by atoms with Gasteiger partial charge in [0.2, 0.25) is 5.88 Å². The lowest BCUT2D eigenvalue weighted by Crippen LogP contribution is -2.20. The predicted octanol–water partition coefficient (Wildman–Crippen LogP) is 1.94. The van der Waals surface area contributed by atoms with Gasteiger partial charge < -0.3 is 14.8 Å². The molecule has 1 N–H and O–H groups in total. The molecule has 0 bridgehead atoms. The maximum absolute atomic E-state index is 13.8. The van der Waals surface area contributed by atoms with Crippen LogP contribution in [0.15, 0.2) is 30.6 Å². The van der Waals surface area contributed by atoms with Crippen LogP contribution in [0.5, 0.6) is 11.6 Å². The maximum atomic E-state index is 13.8. The van der Waals surface area contributed by atoms with E-state index in [0.717, 1.165) is 0 Å². The van der Waals surface area contributed by atoms with Crippen molar-refractivity contribution < 1.29 is 13.9 Å². The number of ether oxygens (including phenoxy) is 2. The van der Waals surface area contributed by atoms with Gasteiger partial charge in [-0.15, -0.1) is 0 Å². The molecule has 0 amide bonds. The monoisotopic (exact) mass is 277 g/mol. The number of aromatic nitrogens is 2. The Balaban J connectivity index is 2.44. The maximum Gasteiger partial charge on any atom is 0.237 e. The molecule has 1 unspecified atom stereocenters. The third-order valence-electron chi connectivity index (χ3n) is 2.96. The predicted molar refractivity (Wildman–Crippen MR) is 72.4 cm³/mol. The molecule has 2 rings (SSSR count). The van der Waals surface area contributed by atoms with Crippen LogP contribution in [0.25, 0.3) is 0 Å². The summed E-state index contributed by atoms with van der Waals surface area (Å²) in [7, 11) is 4.72. The van der Waals surface area contributed by atoms with Gasteiger partial charge in [0.05, 0.1) is 20.3 Å². The lowest BCUT2D eigenvalue weighted by molar-refractivity contribution is 0.381. The molecule has 1 aromatic carbocycles. The van der Waals surface area contributed by atoms with Gasteiger partial charge in [-0.25, -0.2) is 9.37 Å². The Kier molecular flexibility index (Phi) is 4.47. The zero-order chi connectivity index (χ0) is 14.5. The number of nitrogens with one attached hydrogen (secondary N) is 1. The summed E-state index contributed by atoms with van der Waals surface area (Å²) >= 11 is 0. The van der Waals surface area contributed by atoms with Gasteiger partial charge >= 0.3 is 0 Å². The summed E-state index contributed by atoms with van der Waals surface area (Å²) in [5.74, 6) is 0.186. The molecule has 0 aliphatic rings. The van der Waals surface area contributed by atoms with Crippen molar-refractivity contribution in [1.29, 1.82) is 0 Å². The summed E-state index contributed by atoms with van der Waals surface area (Å²) in [5, 5.41) is 3.08. The highest BCUT2D eigenvalue weighted by Crippen LogP contribution is 2.28. The van der Waals surface area contributed by atoms with Crippen LogP contribution in [0.3, 0.4) is 0 Å². The summed E-state index contributed by atoms with van der Waals surface area (Å²) in [5.41, 5.74) is 1.31. The molecule has 0 aliphatic heterocycles. The van der Waals surface area contributed by atoms with Gasteiger partial charge in [-0.05, 0) is 24.7 Å². The zero-order valence-electron chi connectivity index (χ0n) is 11.6. The molecule has 1 heterocycles. The van der Waals surface area contributed by atoms with Crippen LogP contribution in [-0.4, -0.2) is 31.2 Å². The van der Waals surface area contributed by atoms with Crippen LogP contribution in [0.4, 0.5) is 4.39 Å². The third-order valence-corrected chi connectivity index (χ3v) is 2.96. The van der Waals surface area contributed by atoms with E-state index in [-0.39, 0.29) is 11.8 Å². The molecule has 6 heteroatoms. The van der Waals surface area contributed by atoms with Crippen molar-refractivity contribution >= 4 is 0 Å². The van der Waals surface area contributed by atoms with Crippen molar-refractivity contribution in [3.63, 3.8) is 0 Å². The molecule has 0 spiro atoms. The van der Waals surface area contributed by atoms with E-state index in [1.807, 2.05) is 0 Å². The smallest absolute Gasteiger partial charge is 0.237 e. The second-order valence-electron chi connectivity index (χ2n) is 4.07. The van der Waals surface area contributed by atoms with Gasteiger partial charge in [0, 0.05) is 12.4 Å². The van der Waals surface area contributed by atoms with Crippen LogP contribution < -0.4 is 14.8 Å². The number of hydrogen-bond acceptors (Lipinski definition) is 5. The molecule has 0 saturated carbocycles. The minimum Gasteiger partial charge on any atom is -0.494 e. The lowest BCUT2D eigenvalue weighted by atomic mass is 10.0. The van der Waals surface area contributed by atoms with Crippen molar-refractivity contribution in [2.24, 2.45) is 0 Å². The van der Waals surface area contributed by atoms with Gasteiger partial charge in [-0.3, -0.25) is 4.98 Å². The first-order valence-electron chi connectivity index (χ1n) is 6.06. The fourth-order valence-electron chi connectivity index (χ4n) is 2.01. The highest BCUT2D eigenvalue weighted by atomic mass is 19.1. The summed E-state index contributed by atoms with van der Waals surface area (Å²) in [4.78, 5) is 8.37. The molecule has 20 heavy (non-hydrogen) atoms. The topological polar surface area (TPSA) is 56.3 Å². The van der Waals surface area contributed by atoms with Gasteiger partial charge in [0.1, 0.15) is 5.69 Å². The third kappa shape index (κ3) is 2.70. The van der Waals surface area contributed by atoms with Crippen LogP contribution in [0, 0.1) is 5.82 Å². The van der Waals surface area contributed by atoms with Crippen molar-refractivity contribution in [3.05, 3.63) is 47.7 Å². The lowest BCUT2D eigenvalue weighted by Gasteiger charge is -2.18. The Labute approximate surface area is 116 Å². The van der Waals surface area contributed by atoms with E-state index in [9.17, 15) is 4.39 Å². The number of benzene rings is 1. The largest absolute Gasteiger partial charge is 0.494 e. The summed E-state index contributed by atoms with van der Waals surface area (Å²) in [6, 6.07) is 4.45. The molecule has 0 aliphatic carbocycles. The molecular formula is C14H16FN3O2. The fraction of sp³-hybridized carbons (Fsp3) is 0.286. The Hall–Kier alpha value is -2.21. The van der Waals surface area contributed by atoms with Gasteiger partial charge in [-0.2, -0.15) is 0 Å². The molecule has 2 aromatic rings. The molecular weight excluding hydrogens is 261 g/mol. The highest BCUT2D eigenvalue weighted by molar-refractivity contribution is 5.37.